The molecule has 0 aliphatic heterocycles. The third-order valence-electron chi connectivity index (χ3n) is 4.75. The molecule has 3 aromatic rings. The number of benzene rings is 2. The molecule has 2 aromatic carbocycles. The van der Waals surface area contributed by atoms with Gasteiger partial charge in [0.05, 0.1) is 0 Å². The molecule has 0 saturated heterocycles. The van der Waals surface area contributed by atoms with Gasteiger partial charge in [-0.25, -0.2) is 0 Å². The summed E-state index contributed by atoms with van der Waals surface area (Å²) in [6.45, 7) is 2.61. The fraction of sp³-hybridized carbons (Fsp3) is 0.300. The Morgan fingerprint density at radius 3 is 2.54 bits per heavy atom. The number of nitrogens with zero attached hydrogens (tertiary/aromatic N) is 1. The molecule has 0 bridgehead atoms. The van der Waals surface area contributed by atoms with Crippen LogP contribution in [0.5, 0.6) is 0 Å². The third kappa shape index (κ3) is 4.08. The van der Waals surface area contributed by atoms with Gasteiger partial charge < -0.3 is 14.4 Å². The number of fused-ring (bicyclic) bond motifs is 1. The molecule has 0 saturated carbocycles. The van der Waals surface area contributed by atoms with Crippen molar-refractivity contribution >= 4 is 34.4 Å². The number of halogens is 3. The van der Waals surface area contributed by atoms with Crippen molar-refractivity contribution in [1.29, 1.82) is 0 Å². The van der Waals surface area contributed by atoms with Gasteiger partial charge in [-0.3, -0.25) is 4.57 Å². The number of para-hydroxylation sites is 1. The molecule has 4 nitrogen and oxygen atoms in total. The Labute approximate surface area is 170 Å². The fourth-order valence-electron chi connectivity index (χ4n) is 3.27. The van der Waals surface area contributed by atoms with Crippen molar-refractivity contribution in [2.75, 3.05) is 0 Å². The van der Waals surface area contributed by atoms with Crippen LogP contribution in [0.15, 0.2) is 53.1 Å². The van der Waals surface area contributed by atoms with Crippen molar-refractivity contribution in [3.63, 3.8) is 0 Å². The van der Waals surface area contributed by atoms with E-state index in [1.54, 1.807) is 0 Å². The van der Waals surface area contributed by atoms with Crippen molar-refractivity contribution in [2.24, 2.45) is 0 Å². The highest BCUT2D eigenvalue weighted by Gasteiger charge is 2.51. The summed E-state index contributed by atoms with van der Waals surface area (Å²) in [7, 11) is -5.61. The summed E-state index contributed by atoms with van der Waals surface area (Å²) >= 11 is 3.05. The molecule has 3 rings (SSSR count). The van der Waals surface area contributed by atoms with E-state index in [0.29, 0.717) is 6.54 Å². The van der Waals surface area contributed by atoms with E-state index in [0.717, 1.165) is 36.4 Å². The van der Waals surface area contributed by atoms with Gasteiger partial charge in [-0.1, -0.05) is 59.6 Å². The molecular formula is C20H21BrF2NO3P. The van der Waals surface area contributed by atoms with Crippen LogP contribution in [0.2, 0.25) is 0 Å². The summed E-state index contributed by atoms with van der Waals surface area (Å²) < 4.78 is 41.2. The van der Waals surface area contributed by atoms with Gasteiger partial charge >= 0.3 is 13.3 Å². The Bertz CT molecular complexity index is 1050. The predicted molar refractivity (Wildman–Crippen MR) is 110 cm³/mol. The van der Waals surface area contributed by atoms with Crippen LogP contribution < -0.4 is 0 Å². The second kappa shape index (κ2) is 8.07. The molecule has 0 radical (unpaired) electrons. The van der Waals surface area contributed by atoms with Crippen LogP contribution in [-0.4, -0.2) is 14.4 Å². The van der Waals surface area contributed by atoms with E-state index in [1.165, 1.54) is 23.1 Å². The number of aromatic nitrogens is 1. The molecule has 0 aliphatic carbocycles. The summed E-state index contributed by atoms with van der Waals surface area (Å²) in [5.74, 6) is 0. The van der Waals surface area contributed by atoms with E-state index in [9.17, 15) is 13.3 Å². The maximum atomic E-state index is 14.0. The van der Waals surface area contributed by atoms with E-state index in [1.807, 2.05) is 18.2 Å². The zero-order valence-electron chi connectivity index (χ0n) is 15.3. The first kappa shape index (κ1) is 21.2. The Balaban J connectivity index is 1.95. The molecule has 0 atom stereocenters. The molecular weight excluding hydrogens is 451 g/mol. The first-order chi connectivity index (χ1) is 13.1. The topological polar surface area (TPSA) is 62.5 Å². The highest BCUT2D eigenvalue weighted by atomic mass is 79.9. The molecule has 0 aliphatic rings. The van der Waals surface area contributed by atoms with Crippen LogP contribution in [0.25, 0.3) is 10.9 Å². The summed E-state index contributed by atoms with van der Waals surface area (Å²) in [4.78, 5) is 17.9. The SMILES string of the molecule is CCCCc1cn(Cc2ccc(C(F)(F)P(=O)(O)O)c(Br)c2)c2ccccc12. The monoisotopic (exact) mass is 471 g/mol. The number of hydrogen-bond donors (Lipinski definition) is 2. The van der Waals surface area contributed by atoms with Crippen molar-refractivity contribution in [2.45, 2.75) is 38.4 Å². The van der Waals surface area contributed by atoms with Gasteiger partial charge in [-0.2, -0.15) is 8.78 Å². The lowest BCUT2D eigenvalue weighted by atomic mass is 10.1. The molecule has 1 aromatic heterocycles. The molecule has 150 valence electrons. The normalized spacial score (nSPS) is 12.6. The lowest BCUT2D eigenvalue weighted by Crippen LogP contribution is -2.14. The zero-order valence-corrected chi connectivity index (χ0v) is 17.8. The van der Waals surface area contributed by atoms with Gasteiger partial charge in [0.1, 0.15) is 0 Å². The molecule has 2 N–H and O–H groups in total. The van der Waals surface area contributed by atoms with Gasteiger partial charge in [-0.05, 0) is 36.1 Å². The van der Waals surface area contributed by atoms with Crippen LogP contribution in [0.1, 0.15) is 36.5 Å². The number of unbranched alkanes of at least 4 members (excludes halogenated alkanes) is 1. The molecule has 0 amide bonds. The predicted octanol–water partition coefficient (Wildman–Crippen LogP) is 6.02. The average molecular weight is 472 g/mol. The molecule has 28 heavy (non-hydrogen) atoms. The number of aryl methyl sites for hydroxylation is 1. The van der Waals surface area contributed by atoms with Gasteiger partial charge in [0.25, 0.3) is 0 Å². The highest BCUT2D eigenvalue weighted by molar-refractivity contribution is 9.10. The lowest BCUT2D eigenvalue weighted by Gasteiger charge is -2.19. The van der Waals surface area contributed by atoms with E-state index < -0.39 is 18.8 Å². The second-order valence-corrected chi connectivity index (χ2v) is 9.31. The largest absolute Gasteiger partial charge is 0.399 e. The minimum absolute atomic E-state index is 0.0269. The second-order valence-electron chi connectivity index (χ2n) is 6.80. The van der Waals surface area contributed by atoms with E-state index in [2.05, 4.69) is 39.7 Å². The molecule has 0 spiro atoms. The van der Waals surface area contributed by atoms with Crippen LogP contribution in [0.3, 0.4) is 0 Å². The lowest BCUT2D eigenvalue weighted by molar-refractivity contribution is 0.0557. The summed E-state index contributed by atoms with van der Waals surface area (Å²) in [6.07, 6.45) is 5.25. The van der Waals surface area contributed by atoms with Crippen molar-refractivity contribution in [3.05, 3.63) is 69.8 Å². The minimum Gasteiger partial charge on any atom is -0.343 e. The Kier molecular flexibility index (Phi) is 6.11. The number of hydrogen-bond acceptors (Lipinski definition) is 1. The summed E-state index contributed by atoms with van der Waals surface area (Å²) in [5.41, 5.74) is -1.89. The maximum Gasteiger partial charge on any atom is 0.399 e. The quantitative estimate of drug-likeness (QED) is 0.414. The average Bonchev–Trinajstić information content (AvgIpc) is 2.97. The first-order valence-electron chi connectivity index (χ1n) is 8.94. The Morgan fingerprint density at radius 2 is 1.89 bits per heavy atom. The molecule has 0 fully saturated rings. The van der Waals surface area contributed by atoms with Crippen molar-refractivity contribution < 1.29 is 23.1 Å². The zero-order chi connectivity index (χ0) is 20.5. The van der Waals surface area contributed by atoms with Crippen LogP contribution in [0, 0.1) is 0 Å². The fourth-order valence-corrected chi connectivity index (χ4v) is 4.61. The van der Waals surface area contributed by atoms with E-state index >= 15 is 0 Å². The van der Waals surface area contributed by atoms with Crippen molar-refractivity contribution in [1.82, 2.24) is 4.57 Å². The summed E-state index contributed by atoms with van der Waals surface area (Å²) in [5, 5.41) is 1.18. The Hall–Kier alpha value is -1.53. The van der Waals surface area contributed by atoms with E-state index in [4.69, 9.17) is 9.79 Å². The van der Waals surface area contributed by atoms with Gasteiger partial charge in [0.2, 0.25) is 0 Å². The van der Waals surface area contributed by atoms with Gasteiger partial charge in [-0.15, -0.1) is 0 Å². The van der Waals surface area contributed by atoms with Gasteiger partial charge in [0, 0.05) is 33.7 Å². The smallest absolute Gasteiger partial charge is 0.343 e. The molecule has 0 unspecified atom stereocenters. The number of alkyl halides is 2. The number of rotatable bonds is 7. The van der Waals surface area contributed by atoms with Crippen LogP contribution >= 0.6 is 23.5 Å². The summed E-state index contributed by atoms with van der Waals surface area (Å²) in [6, 6.07) is 12.1. The van der Waals surface area contributed by atoms with Crippen LogP contribution in [0.4, 0.5) is 8.78 Å². The first-order valence-corrected chi connectivity index (χ1v) is 11.3. The Morgan fingerprint density at radius 1 is 1.18 bits per heavy atom. The van der Waals surface area contributed by atoms with Crippen LogP contribution in [-0.2, 0) is 23.2 Å². The highest BCUT2D eigenvalue weighted by Crippen LogP contribution is 2.60. The van der Waals surface area contributed by atoms with Gasteiger partial charge in [0.15, 0.2) is 0 Å². The molecule has 8 heteroatoms. The van der Waals surface area contributed by atoms with Crippen molar-refractivity contribution in [3.8, 4) is 0 Å². The minimum atomic E-state index is -5.61. The standard InChI is InChI=1S/C20H21BrF2NO3P/c1-2-3-6-15-13-24(19-8-5-4-7-16(15)19)12-14-9-10-17(18(21)11-14)20(22,23)28(25,26)27/h4-5,7-11,13H,2-3,6,12H2,1H3,(H2,25,26,27). The third-order valence-corrected chi connectivity index (χ3v) is 6.38. The molecule has 1 heterocycles. The van der Waals surface area contributed by atoms with E-state index in [-0.39, 0.29) is 4.47 Å². The maximum absolute atomic E-state index is 14.0.